The summed E-state index contributed by atoms with van der Waals surface area (Å²) in [6, 6.07) is 18.8. The van der Waals surface area contributed by atoms with E-state index in [0.717, 1.165) is 38.3 Å². The van der Waals surface area contributed by atoms with Gasteiger partial charge in [-0.25, -0.2) is 0 Å². The highest BCUT2D eigenvalue weighted by atomic mass is 16.2. The fourth-order valence-electron chi connectivity index (χ4n) is 3.70. The van der Waals surface area contributed by atoms with Crippen molar-refractivity contribution in [3.05, 3.63) is 71.3 Å². The van der Waals surface area contributed by atoms with Gasteiger partial charge >= 0.3 is 0 Å². The smallest absolute Gasteiger partial charge is 0.237 e. The lowest BCUT2D eigenvalue weighted by atomic mass is 10.1. The zero-order chi connectivity index (χ0) is 19.2. The number of benzene rings is 2. The molecule has 144 valence electrons. The number of hydrogen-bond acceptors (Lipinski definition) is 3. The van der Waals surface area contributed by atoms with Crippen molar-refractivity contribution < 1.29 is 4.79 Å². The van der Waals surface area contributed by atoms with Crippen molar-refractivity contribution in [2.24, 2.45) is 0 Å². The van der Waals surface area contributed by atoms with E-state index < -0.39 is 0 Å². The summed E-state index contributed by atoms with van der Waals surface area (Å²) >= 11 is 0. The molecular weight excluding hydrogens is 334 g/mol. The maximum atomic E-state index is 12.7. The summed E-state index contributed by atoms with van der Waals surface area (Å²) in [5.41, 5.74) is 3.82. The van der Waals surface area contributed by atoms with Crippen LogP contribution in [0.4, 0.5) is 0 Å². The summed E-state index contributed by atoms with van der Waals surface area (Å²) in [6.07, 6.45) is 0. The molecule has 0 unspecified atom stereocenters. The van der Waals surface area contributed by atoms with Gasteiger partial charge in [-0.1, -0.05) is 60.2 Å². The Labute approximate surface area is 163 Å². The van der Waals surface area contributed by atoms with Gasteiger partial charge in [-0.2, -0.15) is 0 Å². The third-order valence-electron chi connectivity index (χ3n) is 5.48. The summed E-state index contributed by atoms with van der Waals surface area (Å²) in [6.45, 7) is 11.0. The van der Waals surface area contributed by atoms with Gasteiger partial charge in [0, 0.05) is 32.7 Å². The van der Waals surface area contributed by atoms with Crippen LogP contribution >= 0.6 is 0 Å². The van der Waals surface area contributed by atoms with E-state index in [2.05, 4.69) is 58.4 Å². The first kappa shape index (κ1) is 19.6. The van der Waals surface area contributed by atoms with Gasteiger partial charge in [-0.15, -0.1) is 0 Å². The van der Waals surface area contributed by atoms with Crippen molar-refractivity contribution in [3.63, 3.8) is 0 Å². The number of carbonyl (C=O) groups excluding carboxylic acids is 1. The van der Waals surface area contributed by atoms with Crippen LogP contribution in [0.15, 0.2) is 54.6 Å². The van der Waals surface area contributed by atoms with Crippen LogP contribution in [0, 0.1) is 6.92 Å². The number of aryl methyl sites for hydroxylation is 1. The molecule has 0 aromatic heterocycles. The maximum absolute atomic E-state index is 12.7. The topological polar surface area (TPSA) is 35.6 Å². The van der Waals surface area contributed by atoms with Crippen LogP contribution in [0.1, 0.15) is 36.6 Å². The fourth-order valence-corrected chi connectivity index (χ4v) is 3.70. The molecule has 1 saturated heterocycles. The van der Waals surface area contributed by atoms with Crippen molar-refractivity contribution in [3.8, 4) is 0 Å². The van der Waals surface area contributed by atoms with E-state index >= 15 is 0 Å². The van der Waals surface area contributed by atoms with Crippen LogP contribution in [-0.2, 0) is 11.3 Å². The van der Waals surface area contributed by atoms with Gasteiger partial charge in [-0.3, -0.25) is 14.6 Å². The van der Waals surface area contributed by atoms with Gasteiger partial charge in [-0.05, 0) is 31.9 Å². The standard InChI is InChI=1S/C23H31N3O/c1-18-8-7-9-21(16-18)17-25-12-14-26(15-13-25)20(3)23(27)24-19(2)22-10-5-4-6-11-22/h4-11,16,19-20H,12-15,17H2,1-3H3,(H,24,27)/t19-,20-/m1/s1. The Hall–Kier alpha value is -2.17. The Kier molecular flexibility index (Phi) is 6.64. The average molecular weight is 366 g/mol. The van der Waals surface area contributed by atoms with E-state index in [0.29, 0.717) is 0 Å². The van der Waals surface area contributed by atoms with Crippen molar-refractivity contribution in [1.29, 1.82) is 0 Å². The second-order valence-electron chi connectivity index (χ2n) is 7.62. The molecule has 4 nitrogen and oxygen atoms in total. The predicted octanol–water partition coefficient (Wildman–Crippen LogP) is 3.38. The molecule has 3 rings (SSSR count). The first-order valence-electron chi connectivity index (χ1n) is 9.90. The summed E-state index contributed by atoms with van der Waals surface area (Å²) in [7, 11) is 0. The number of piperazine rings is 1. The molecule has 27 heavy (non-hydrogen) atoms. The second kappa shape index (κ2) is 9.16. The first-order valence-corrected chi connectivity index (χ1v) is 9.90. The van der Waals surface area contributed by atoms with Crippen molar-refractivity contribution in [2.75, 3.05) is 26.2 Å². The molecule has 2 aromatic carbocycles. The van der Waals surface area contributed by atoms with E-state index in [-0.39, 0.29) is 18.0 Å². The Morgan fingerprint density at radius 2 is 1.70 bits per heavy atom. The van der Waals surface area contributed by atoms with Gasteiger partial charge in [0.05, 0.1) is 12.1 Å². The molecule has 0 spiro atoms. The molecule has 1 fully saturated rings. The molecule has 4 heteroatoms. The van der Waals surface area contributed by atoms with Crippen LogP contribution in [0.3, 0.4) is 0 Å². The van der Waals surface area contributed by atoms with E-state index in [1.165, 1.54) is 11.1 Å². The van der Waals surface area contributed by atoms with Crippen molar-refractivity contribution >= 4 is 5.91 Å². The average Bonchev–Trinajstić information content (AvgIpc) is 2.68. The maximum Gasteiger partial charge on any atom is 0.237 e. The molecule has 0 aliphatic carbocycles. The van der Waals surface area contributed by atoms with Crippen LogP contribution in [-0.4, -0.2) is 47.9 Å². The lowest BCUT2D eigenvalue weighted by Crippen LogP contribution is -2.53. The van der Waals surface area contributed by atoms with Gasteiger partial charge in [0.15, 0.2) is 0 Å². The lowest BCUT2D eigenvalue weighted by molar-refractivity contribution is -0.127. The minimum atomic E-state index is -0.0997. The fraction of sp³-hybridized carbons (Fsp3) is 0.435. The Morgan fingerprint density at radius 3 is 2.37 bits per heavy atom. The highest BCUT2D eigenvalue weighted by Gasteiger charge is 2.26. The third kappa shape index (κ3) is 5.41. The molecule has 2 aromatic rings. The SMILES string of the molecule is Cc1cccc(CN2CCN([C@H](C)C(=O)N[C@H](C)c3ccccc3)CC2)c1. The highest BCUT2D eigenvalue weighted by Crippen LogP contribution is 2.14. The summed E-state index contributed by atoms with van der Waals surface area (Å²) < 4.78 is 0. The van der Waals surface area contributed by atoms with Gasteiger partial charge < -0.3 is 5.32 Å². The van der Waals surface area contributed by atoms with E-state index in [9.17, 15) is 4.79 Å². The molecule has 0 saturated carbocycles. The molecule has 2 atom stereocenters. The van der Waals surface area contributed by atoms with E-state index in [1.807, 2.05) is 32.0 Å². The van der Waals surface area contributed by atoms with Gasteiger partial charge in [0.1, 0.15) is 0 Å². The number of carbonyl (C=O) groups is 1. The number of rotatable bonds is 6. The summed E-state index contributed by atoms with van der Waals surface area (Å²) in [4.78, 5) is 17.4. The monoisotopic (exact) mass is 365 g/mol. The zero-order valence-electron chi connectivity index (χ0n) is 16.7. The van der Waals surface area contributed by atoms with Crippen LogP contribution in [0.2, 0.25) is 0 Å². The molecular formula is C23H31N3O. The largest absolute Gasteiger partial charge is 0.348 e. The number of amides is 1. The first-order chi connectivity index (χ1) is 13.0. The minimum Gasteiger partial charge on any atom is -0.348 e. The normalized spacial score (nSPS) is 18.0. The zero-order valence-corrected chi connectivity index (χ0v) is 16.7. The Balaban J connectivity index is 1.47. The van der Waals surface area contributed by atoms with Gasteiger partial charge in [0.25, 0.3) is 0 Å². The summed E-state index contributed by atoms with van der Waals surface area (Å²) in [5, 5.41) is 3.16. The second-order valence-corrected chi connectivity index (χ2v) is 7.62. The van der Waals surface area contributed by atoms with Crippen LogP contribution < -0.4 is 5.32 Å². The van der Waals surface area contributed by atoms with E-state index in [1.54, 1.807) is 0 Å². The lowest BCUT2D eigenvalue weighted by Gasteiger charge is -2.37. The number of hydrogen-bond donors (Lipinski definition) is 1. The highest BCUT2D eigenvalue weighted by molar-refractivity contribution is 5.81. The Morgan fingerprint density at radius 1 is 1.00 bits per heavy atom. The van der Waals surface area contributed by atoms with Crippen LogP contribution in [0.25, 0.3) is 0 Å². The number of nitrogens with one attached hydrogen (secondary N) is 1. The Bertz CT molecular complexity index is 738. The molecule has 1 aliphatic rings. The molecule has 1 amide bonds. The van der Waals surface area contributed by atoms with Crippen LogP contribution in [0.5, 0.6) is 0 Å². The molecule has 0 bridgehead atoms. The summed E-state index contributed by atoms with van der Waals surface area (Å²) in [5.74, 6) is 0.110. The molecule has 1 aliphatic heterocycles. The third-order valence-corrected chi connectivity index (χ3v) is 5.48. The van der Waals surface area contributed by atoms with E-state index in [4.69, 9.17) is 0 Å². The van der Waals surface area contributed by atoms with Gasteiger partial charge in [0.2, 0.25) is 5.91 Å². The quantitative estimate of drug-likeness (QED) is 0.852. The van der Waals surface area contributed by atoms with Crippen molar-refractivity contribution in [2.45, 2.75) is 39.4 Å². The molecule has 1 N–H and O–H groups in total. The van der Waals surface area contributed by atoms with Crippen molar-refractivity contribution in [1.82, 2.24) is 15.1 Å². The predicted molar refractivity (Wildman–Crippen MR) is 110 cm³/mol. The molecule has 0 radical (unpaired) electrons. The minimum absolute atomic E-state index is 0.0313. The number of nitrogens with zero attached hydrogens (tertiary/aromatic N) is 2. The molecule has 1 heterocycles.